The van der Waals surface area contributed by atoms with Crippen LogP contribution in [0.4, 0.5) is 5.69 Å². The molecule has 1 N–H and O–H groups in total. The van der Waals surface area contributed by atoms with E-state index < -0.39 is 16.0 Å². The molecule has 0 atom stereocenters. The number of nitrogens with one attached hydrogen (secondary N) is 1. The van der Waals surface area contributed by atoms with Gasteiger partial charge in [-0.15, -0.1) is 0 Å². The molecule has 1 aromatic heterocycles. The summed E-state index contributed by atoms with van der Waals surface area (Å²) in [5.74, 6) is 0.113. The summed E-state index contributed by atoms with van der Waals surface area (Å²) >= 11 is 0. The highest BCUT2D eigenvalue weighted by molar-refractivity contribution is 7.92. The Hall–Kier alpha value is -3.78. The third kappa shape index (κ3) is 4.61. The number of aryl methyl sites for hydroxylation is 2. The van der Waals surface area contributed by atoms with E-state index in [-0.39, 0.29) is 11.5 Å². The molecule has 3 aromatic carbocycles. The molecule has 4 aromatic rings. The van der Waals surface area contributed by atoms with Crippen molar-refractivity contribution in [1.29, 1.82) is 0 Å². The predicted octanol–water partition coefficient (Wildman–Crippen LogP) is 5.54. The number of rotatable bonds is 7. The quantitative estimate of drug-likeness (QED) is 0.342. The molecule has 0 spiro atoms. The van der Waals surface area contributed by atoms with Crippen LogP contribution in [0, 0.1) is 20.8 Å². The van der Waals surface area contributed by atoms with Crippen molar-refractivity contribution in [3.8, 4) is 11.4 Å². The fourth-order valence-electron chi connectivity index (χ4n) is 4.12. The fraction of sp³-hybridized carbons (Fsp3) is 0.222. The Morgan fingerprint density at radius 2 is 1.63 bits per heavy atom. The van der Waals surface area contributed by atoms with Gasteiger partial charge in [0.05, 0.1) is 35.4 Å². The summed E-state index contributed by atoms with van der Waals surface area (Å²) in [4.78, 5) is 13.1. The Balaban J connectivity index is 1.88. The van der Waals surface area contributed by atoms with Gasteiger partial charge in [-0.25, -0.2) is 13.2 Å². The molecule has 0 aliphatic carbocycles. The molecule has 0 aliphatic rings. The van der Waals surface area contributed by atoms with Crippen LogP contribution in [0.1, 0.15) is 34.1 Å². The minimum Gasteiger partial charge on any atom is -0.497 e. The van der Waals surface area contributed by atoms with Crippen molar-refractivity contribution in [1.82, 2.24) is 4.57 Å². The van der Waals surface area contributed by atoms with E-state index in [0.717, 1.165) is 28.0 Å². The van der Waals surface area contributed by atoms with Gasteiger partial charge in [-0.1, -0.05) is 17.7 Å². The molecule has 0 radical (unpaired) electrons. The van der Waals surface area contributed by atoms with Crippen LogP contribution in [0.2, 0.25) is 0 Å². The summed E-state index contributed by atoms with van der Waals surface area (Å²) in [5, 5.41) is 0.611. The first-order valence-electron chi connectivity index (χ1n) is 11.2. The summed E-state index contributed by atoms with van der Waals surface area (Å²) in [6.07, 6.45) is 0. The number of carbonyl (C=O) groups excluding carboxylic acids is 1. The second kappa shape index (κ2) is 9.46. The van der Waals surface area contributed by atoms with Crippen LogP contribution in [0.25, 0.3) is 16.6 Å². The van der Waals surface area contributed by atoms with Crippen LogP contribution in [0.3, 0.4) is 0 Å². The largest absolute Gasteiger partial charge is 0.497 e. The highest BCUT2D eigenvalue weighted by Crippen LogP contribution is 2.34. The summed E-state index contributed by atoms with van der Waals surface area (Å²) in [7, 11) is -2.34. The van der Waals surface area contributed by atoms with Crippen molar-refractivity contribution in [2.24, 2.45) is 0 Å². The van der Waals surface area contributed by atoms with E-state index in [1.165, 1.54) is 19.2 Å². The minimum atomic E-state index is -3.86. The number of benzene rings is 3. The Kier molecular flexibility index (Phi) is 6.58. The molecule has 1 heterocycles. The van der Waals surface area contributed by atoms with Crippen LogP contribution in [0.15, 0.2) is 65.6 Å². The van der Waals surface area contributed by atoms with Gasteiger partial charge in [0, 0.05) is 16.8 Å². The molecule has 7 nitrogen and oxygen atoms in total. The van der Waals surface area contributed by atoms with Crippen LogP contribution < -0.4 is 9.46 Å². The average molecular weight is 493 g/mol. The molecular formula is C27H28N2O5S. The monoisotopic (exact) mass is 492 g/mol. The van der Waals surface area contributed by atoms with Crippen molar-refractivity contribution >= 4 is 32.6 Å². The van der Waals surface area contributed by atoms with Crippen molar-refractivity contribution in [2.45, 2.75) is 32.6 Å². The maximum Gasteiger partial charge on any atom is 0.340 e. The van der Waals surface area contributed by atoms with E-state index in [4.69, 9.17) is 9.47 Å². The zero-order valence-electron chi connectivity index (χ0n) is 20.4. The third-order valence-corrected chi connectivity index (χ3v) is 7.32. The highest BCUT2D eigenvalue weighted by atomic mass is 32.2. The van der Waals surface area contributed by atoms with E-state index in [0.29, 0.717) is 22.4 Å². The number of hydrogen-bond acceptors (Lipinski definition) is 5. The number of aromatic nitrogens is 1. The van der Waals surface area contributed by atoms with Gasteiger partial charge in [0.2, 0.25) is 0 Å². The van der Waals surface area contributed by atoms with Crippen LogP contribution in [-0.4, -0.2) is 32.7 Å². The number of carbonyl (C=O) groups is 1. The van der Waals surface area contributed by atoms with Gasteiger partial charge in [0.25, 0.3) is 10.0 Å². The lowest BCUT2D eigenvalue weighted by Gasteiger charge is -2.13. The standard InChI is InChI=1S/C27H28N2O5S/c1-6-34-27(30)26-19(4)29(20-9-7-17(2)8-10-20)25-15-18(3)24(16-23(25)26)28-35(31,32)22-13-11-21(33-5)12-14-22/h7-16,28H,6H2,1-5H3. The molecule has 0 amide bonds. The molecule has 0 bridgehead atoms. The lowest BCUT2D eigenvalue weighted by atomic mass is 10.1. The Bertz CT molecular complexity index is 1500. The number of esters is 1. The Morgan fingerprint density at radius 1 is 0.971 bits per heavy atom. The molecule has 0 aliphatic heterocycles. The number of methoxy groups -OCH3 is 1. The summed E-state index contributed by atoms with van der Waals surface area (Å²) in [6, 6.07) is 17.7. The second-order valence-electron chi connectivity index (χ2n) is 8.32. The van der Waals surface area contributed by atoms with Crippen molar-refractivity contribution in [3.05, 3.63) is 83.0 Å². The van der Waals surface area contributed by atoms with Crippen LogP contribution in [-0.2, 0) is 14.8 Å². The first-order valence-corrected chi connectivity index (χ1v) is 12.7. The van der Waals surface area contributed by atoms with Crippen molar-refractivity contribution in [3.63, 3.8) is 0 Å². The number of sulfonamides is 1. The molecule has 0 saturated heterocycles. The zero-order chi connectivity index (χ0) is 25.3. The third-order valence-electron chi connectivity index (χ3n) is 5.94. The molecule has 0 unspecified atom stereocenters. The average Bonchev–Trinajstić information content (AvgIpc) is 3.10. The molecule has 182 valence electrons. The zero-order valence-corrected chi connectivity index (χ0v) is 21.2. The first-order chi connectivity index (χ1) is 16.7. The minimum absolute atomic E-state index is 0.108. The van der Waals surface area contributed by atoms with E-state index >= 15 is 0 Å². The normalized spacial score (nSPS) is 11.5. The van der Waals surface area contributed by atoms with Crippen molar-refractivity contribution in [2.75, 3.05) is 18.4 Å². The predicted molar refractivity (Wildman–Crippen MR) is 137 cm³/mol. The summed E-state index contributed by atoms with van der Waals surface area (Å²) in [6.45, 7) is 7.70. The maximum atomic E-state index is 13.1. The van der Waals surface area contributed by atoms with Gasteiger partial charge in [0.15, 0.2) is 0 Å². The smallest absolute Gasteiger partial charge is 0.340 e. The van der Waals surface area contributed by atoms with E-state index in [9.17, 15) is 13.2 Å². The molecule has 0 fully saturated rings. The van der Waals surface area contributed by atoms with Crippen molar-refractivity contribution < 1.29 is 22.7 Å². The van der Waals surface area contributed by atoms with Gasteiger partial charge in [0.1, 0.15) is 5.75 Å². The lowest BCUT2D eigenvalue weighted by Crippen LogP contribution is -2.14. The maximum absolute atomic E-state index is 13.1. The lowest BCUT2D eigenvalue weighted by molar-refractivity contribution is 0.0527. The van der Waals surface area contributed by atoms with Gasteiger partial charge in [-0.3, -0.25) is 4.72 Å². The number of anilines is 1. The van der Waals surface area contributed by atoms with Crippen LogP contribution >= 0.6 is 0 Å². The van der Waals surface area contributed by atoms with Crippen LogP contribution in [0.5, 0.6) is 5.75 Å². The number of nitrogens with zero attached hydrogens (tertiary/aromatic N) is 1. The molecular weight excluding hydrogens is 464 g/mol. The Morgan fingerprint density at radius 3 is 2.23 bits per heavy atom. The SMILES string of the molecule is CCOC(=O)c1c(C)n(-c2ccc(C)cc2)c2cc(C)c(NS(=O)(=O)c3ccc(OC)cc3)cc12. The Labute approximate surface area is 205 Å². The van der Waals surface area contributed by atoms with Gasteiger partial charge < -0.3 is 14.0 Å². The van der Waals surface area contributed by atoms with Gasteiger partial charge in [-0.2, -0.15) is 0 Å². The number of fused-ring (bicyclic) bond motifs is 1. The summed E-state index contributed by atoms with van der Waals surface area (Å²) < 4.78 is 41.3. The highest BCUT2D eigenvalue weighted by Gasteiger charge is 2.24. The van der Waals surface area contributed by atoms with E-state index in [1.807, 2.05) is 55.7 Å². The summed E-state index contributed by atoms with van der Waals surface area (Å²) in [5.41, 5.74) is 5.05. The number of hydrogen-bond donors (Lipinski definition) is 1. The second-order valence-corrected chi connectivity index (χ2v) is 10.00. The molecule has 35 heavy (non-hydrogen) atoms. The van der Waals surface area contributed by atoms with Gasteiger partial charge in [-0.05, 0) is 81.8 Å². The fourth-order valence-corrected chi connectivity index (χ4v) is 5.24. The van der Waals surface area contributed by atoms with E-state index in [2.05, 4.69) is 4.72 Å². The van der Waals surface area contributed by atoms with E-state index in [1.54, 1.807) is 25.1 Å². The number of ether oxygens (including phenoxy) is 2. The molecule has 4 rings (SSSR count). The topological polar surface area (TPSA) is 86.6 Å². The molecule has 0 saturated carbocycles. The first kappa shape index (κ1) is 24.3. The molecule has 8 heteroatoms. The van der Waals surface area contributed by atoms with Gasteiger partial charge >= 0.3 is 5.97 Å².